The minimum atomic E-state index is -0.0627. The van der Waals surface area contributed by atoms with E-state index in [1.807, 2.05) is 0 Å². The summed E-state index contributed by atoms with van der Waals surface area (Å²) in [5.74, 6) is 0. The van der Waals surface area contributed by atoms with Crippen LogP contribution in [0.3, 0.4) is 0 Å². The fourth-order valence-electron chi connectivity index (χ4n) is 4.96. The Balaban J connectivity index is 2.17. The highest BCUT2D eigenvalue weighted by atomic mass is 79.9. The van der Waals surface area contributed by atoms with Gasteiger partial charge in [-0.25, -0.2) is 0 Å². The van der Waals surface area contributed by atoms with E-state index in [1.54, 1.807) is 0 Å². The van der Waals surface area contributed by atoms with Gasteiger partial charge >= 0.3 is 0 Å². The predicted molar refractivity (Wildman–Crippen MR) is 118 cm³/mol. The van der Waals surface area contributed by atoms with Crippen molar-refractivity contribution in [2.24, 2.45) is 0 Å². The van der Waals surface area contributed by atoms with Crippen molar-refractivity contribution in [3.63, 3.8) is 0 Å². The minimum Gasteiger partial charge on any atom is -0.307 e. The van der Waals surface area contributed by atoms with Crippen LogP contribution in [-0.4, -0.2) is 4.40 Å². The molecule has 0 bridgehead atoms. The number of pyridine rings is 1. The molecule has 3 heterocycles. The maximum absolute atomic E-state index is 4.47. The van der Waals surface area contributed by atoms with Crippen LogP contribution in [0.15, 0.2) is 51.4 Å². The molecular formula is C23H15Br2N. The highest BCUT2D eigenvalue weighted by Gasteiger charge is 2.34. The topological polar surface area (TPSA) is 4.41 Å². The molecule has 5 aromatic rings. The molecule has 0 saturated heterocycles. The largest absolute Gasteiger partial charge is 0.307 e. The molecule has 1 aliphatic heterocycles. The second kappa shape index (κ2) is 4.52. The number of aromatic nitrogens is 1. The molecular weight excluding hydrogens is 450 g/mol. The summed E-state index contributed by atoms with van der Waals surface area (Å²) >= 11 is 7.48. The Morgan fingerprint density at radius 2 is 1.38 bits per heavy atom. The Morgan fingerprint density at radius 1 is 0.769 bits per heavy atom. The van der Waals surface area contributed by atoms with Crippen molar-refractivity contribution >= 4 is 76.5 Å². The monoisotopic (exact) mass is 463 g/mol. The number of rotatable bonds is 0. The highest BCUT2D eigenvalue weighted by molar-refractivity contribution is 9.10. The Bertz CT molecular complexity index is 1490. The van der Waals surface area contributed by atoms with Gasteiger partial charge in [0.2, 0.25) is 0 Å². The fourth-order valence-corrected chi connectivity index (χ4v) is 5.87. The van der Waals surface area contributed by atoms with Gasteiger partial charge in [0.25, 0.3) is 0 Å². The van der Waals surface area contributed by atoms with Gasteiger partial charge in [-0.15, -0.1) is 0 Å². The van der Waals surface area contributed by atoms with Crippen LogP contribution in [0.5, 0.6) is 0 Å². The molecule has 1 aliphatic rings. The van der Waals surface area contributed by atoms with E-state index < -0.39 is 0 Å². The third kappa shape index (κ3) is 1.54. The molecule has 3 heteroatoms. The van der Waals surface area contributed by atoms with Gasteiger partial charge in [0.05, 0.1) is 16.6 Å². The lowest BCUT2D eigenvalue weighted by Crippen LogP contribution is -2.25. The molecule has 0 fully saturated rings. The van der Waals surface area contributed by atoms with Crippen LogP contribution in [0.25, 0.3) is 44.7 Å². The maximum atomic E-state index is 4.47. The molecule has 6 rings (SSSR count). The zero-order valence-electron chi connectivity index (χ0n) is 14.5. The van der Waals surface area contributed by atoms with Crippen molar-refractivity contribution < 1.29 is 0 Å². The molecule has 0 spiro atoms. The van der Waals surface area contributed by atoms with Gasteiger partial charge in [-0.2, -0.15) is 0 Å². The fraction of sp³-hybridized carbons (Fsp3) is 0.130. The Kier molecular flexibility index (Phi) is 2.65. The minimum absolute atomic E-state index is 0.0627. The quantitative estimate of drug-likeness (QED) is 0.225. The van der Waals surface area contributed by atoms with Gasteiger partial charge in [0.1, 0.15) is 0 Å². The van der Waals surface area contributed by atoms with Crippen LogP contribution in [-0.2, 0) is 5.41 Å². The first-order valence-corrected chi connectivity index (χ1v) is 10.3. The van der Waals surface area contributed by atoms with E-state index in [9.17, 15) is 0 Å². The summed E-state index contributed by atoms with van der Waals surface area (Å²) in [4.78, 5) is 0. The average Bonchev–Trinajstić information content (AvgIpc) is 2.92. The van der Waals surface area contributed by atoms with Crippen LogP contribution >= 0.6 is 31.9 Å². The zero-order valence-corrected chi connectivity index (χ0v) is 17.6. The summed E-state index contributed by atoms with van der Waals surface area (Å²) in [6, 6.07) is 15.7. The highest BCUT2D eigenvalue weighted by Crippen LogP contribution is 2.48. The lowest BCUT2D eigenvalue weighted by Gasteiger charge is -2.33. The number of fused-ring (bicyclic) bond motifs is 1. The Morgan fingerprint density at radius 3 is 2.15 bits per heavy atom. The van der Waals surface area contributed by atoms with Gasteiger partial charge < -0.3 is 4.40 Å². The number of benzene rings is 3. The van der Waals surface area contributed by atoms with Crippen LogP contribution in [0.4, 0.5) is 0 Å². The third-order valence-corrected chi connectivity index (χ3v) is 7.06. The average molecular weight is 465 g/mol. The molecule has 2 aromatic heterocycles. The zero-order chi connectivity index (χ0) is 18.0. The molecule has 0 aliphatic carbocycles. The molecule has 1 nitrogen and oxygen atoms in total. The molecule has 3 aromatic carbocycles. The summed E-state index contributed by atoms with van der Waals surface area (Å²) < 4.78 is 4.71. The van der Waals surface area contributed by atoms with E-state index in [0.29, 0.717) is 0 Å². The first-order valence-electron chi connectivity index (χ1n) is 8.71. The Hall–Kier alpha value is -1.84. The van der Waals surface area contributed by atoms with Crippen LogP contribution in [0.2, 0.25) is 0 Å². The van der Waals surface area contributed by atoms with E-state index in [4.69, 9.17) is 0 Å². The van der Waals surface area contributed by atoms with Gasteiger partial charge in [-0.1, -0.05) is 70.5 Å². The van der Waals surface area contributed by atoms with Crippen molar-refractivity contribution in [1.82, 2.24) is 4.40 Å². The van der Waals surface area contributed by atoms with Crippen molar-refractivity contribution in [2.75, 3.05) is 0 Å². The van der Waals surface area contributed by atoms with Crippen molar-refractivity contribution in [1.29, 1.82) is 0 Å². The molecule has 26 heavy (non-hydrogen) atoms. The normalized spacial score (nSPS) is 15.4. The van der Waals surface area contributed by atoms with Gasteiger partial charge in [-0.3, -0.25) is 0 Å². The maximum Gasteiger partial charge on any atom is 0.0620 e. The molecule has 0 unspecified atom stereocenters. The summed E-state index contributed by atoms with van der Waals surface area (Å²) in [6.07, 6.45) is 0. The van der Waals surface area contributed by atoms with E-state index in [0.717, 1.165) is 14.2 Å². The SMILES string of the molecule is C=c1c2cccc3c2n2c4c(cc(Br)cc4c4cc(Br)cc1c42)C3(C)C. The number of hydrogen-bond acceptors (Lipinski definition) is 0. The van der Waals surface area contributed by atoms with Gasteiger partial charge in [0.15, 0.2) is 0 Å². The smallest absolute Gasteiger partial charge is 0.0620 e. The van der Waals surface area contributed by atoms with E-state index in [-0.39, 0.29) is 5.41 Å². The first kappa shape index (κ1) is 15.2. The lowest BCUT2D eigenvalue weighted by molar-refractivity contribution is 0.642. The molecule has 0 atom stereocenters. The number of halogens is 2. The van der Waals surface area contributed by atoms with E-state index in [2.05, 4.69) is 99.2 Å². The summed E-state index contributed by atoms with van der Waals surface area (Å²) in [5, 5.41) is 6.16. The number of nitrogens with zero attached hydrogens (tertiary/aromatic N) is 1. The van der Waals surface area contributed by atoms with E-state index in [1.165, 1.54) is 49.2 Å². The first-order chi connectivity index (χ1) is 12.4. The van der Waals surface area contributed by atoms with Crippen LogP contribution in [0, 0.1) is 0 Å². The van der Waals surface area contributed by atoms with E-state index >= 15 is 0 Å². The Labute approximate surface area is 167 Å². The van der Waals surface area contributed by atoms with Crippen molar-refractivity contribution in [3.05, 3.63) is 67.8 Å². The number of para-hydroxylation sites is 1. The summed E-state index contributed by atoms with van der Waals surface area (Å²) in [6.45, 7) is 9.14. The molecule has 0 amide bonds. The van der Waals surface area contributed by atoms with Gasteiger partial charge in [0, 0.05) is 35.9 Å². The summed E-state index contributed by atoms with van der Waals surface area (Å²) in [5.41, 5.74) is 6.61. The standard InChI is InChI=1S/C23H15Br2N/c1-11-14-5-4-6-18-21(14)26-20-15(11)7-12(24)8-16(20)17-9-13(25)10-19(22(17)26)23(18,2)3/h4-10H,1H2,2-3H3. The number of hydrogen-bond donors (Lipinski definition) is 0. The molecule has 0 N–H and O–H groups in total. The summed E-state index contributed by atoms with van der Waals surface area (Å²) in [7, 11) is 0. The molecule has 0 radical (unpaired) electrons. The van der Waals surface area contributed by atoms with Gasteiger partial charge in [-0.05, 0) is 40.6 Å². The van der Waals surface area contributed by atoms with Crippen LogP contribution < -0.4 is 5.22 Å². The van der Waals surface area contributed by atoms with Crippen molar-refractivity contribution in [2.45, 2.75) is 19.3 Å². The lowest BCUT2D eigenvalue weighted by atomic mass is 9.75. The molecule has 126 valence electrons. The second-order valence-electron chi connectivity index (χ2n) is 7.84. The predicted octanol–water partition coefficient (Wildman–Crippen LogP) is 6.69. The molecule has 0 saturated carbocycles. The van der Waals surface area contributed by atoms with Crippen molar-refractivity contribution in [3.8, 4) is 0 Å². The third-order valence-electron chi connectivity index (χ3n) is 6.14. The second-order valence-corrected chi connectivity index (χ2v) is 9.67. The van der Waals surface area contributed by atoms with Crippen LogP contribution in [0.1, 0.15) is 25.0 Å².